The molecule has 0 saturated carbocycles. The number of aliphatic carboxylic acids is 1. The number of rotatable bonds is 27. The average Bonchev–Trinajstić information content (AvgIpc) is 2.93. The first-order valence-corrected chi connectivity index (χ1v) is 15.6. The molecule has 2 atom stereocenters. The Balaban J connectivity index is 4.15. The number of carboxylic acids is 1. The van der Waals surface area contributed by atoms with E-state index in [2.05, 4.69) is 30.6 Å². The van der Waals surface area contributed by atoms with E-state index >= 15 is 0 Å². The van der Waals surface area contributed by atoms with Gasteiger partial charge < -0.3 is 25.6 Å². The second-order valence-corrected chi connectivity index (χ2v) is 10.5. The molecule has 0 radical (unpaired) electrons. The summed E-state index contributed by atoms with van der Waals surface area (Å²) >= 11 is 0. The molecule has 0 aromatic heterocycles. The lowest BCUT2D eigenvalue weighted by molar-refractivity contribution is -0.147. The first-order valence-electron chi connectivity index (χ1n) is 15.6. The van der Waals surface area contributed by atoms with Crippen LogP contribution in [-0.4, -0.2) is 59.3 Å². The highest BCUT2D eigenvalue weighted by atomic mass is 16.5. The topological polar surface area (TPSA) is 142 Å². The van der Waals surface area contributed by atoms with Gasteiger partial charge in [0.25, 0.3) is 0 Å². The number of carbonyl (C=O) groups excluding carboxylic acids is 3. The van der Waals surface area contributed by atoms with Crippen molar-refractivity contribution in [2.24, 2.45) is 0 Å². The number of amides is 2. The molecule has 0 aromatic rings. The summed E-state index contributed by atoms with van der Waals surface area (Å²) in [6.07, 6.45) is 22.8. The molecule has 2 amide bonds. The monoisotopic (exact) mass is 568 g/mol. The van der Waals surface area contributed by atoms with Crippen LogP contribution < -0.4 is 10.6 Å². The van der Waals surface area contributed by atoms with Crippen LogP contribution >= 0.6 is 0 Å². The third-order valence-electron chi connectivity index (χ3n) is 6.75. The highest BCUT2D eigenvalue weighted by Gasteiger charge is 2.18. The Kier molecular flexibility index (Phi) is 25.2. The SMILES string of the molecule is CCCC/C=C\C(CCCCCCC(=O)NCC(=O)NC(CO)C(=O)O)OC(=O)CCCCCCCCCCC. The number of aliphatic hydroxyl groups is 1. The van der Waals surface area contributed by atoms with Gasteiger partial charge in [-0.05, 0) is 38.2 Å². The first-order chi connectivity index (χ1) is 19.3. The maximum atomic E-state index is 12.4. The van der Waals surface area contributed by atoms with Crippen LogP contribution in [0.2, 0.25) is 0 Å². The van der Waals surface area contributed by atoms with Crippen LogP contribution in [0.3, 0.4) is 0 Å². The van der Waals surface area contributed by atoms with E-state index < -0.39 is 24.5 Å². The fourth-order valence-electron chi connectivity index (χ4n) is 4.25. The molecule has 9 nitrogen and oxygen atoms in total. The second kappa shape index (κ2) is 26.8. The van der Waals surface area contributed by atoms with Gasteiger partial charge in [0.1, 0.15) is 12.1 Å². The van der Waals surface area contributed by atoms with Crippen LogP contribution in [0.1, 0.15) is 136 Å². The van der Waals surface area contributed by atoms with Crippen molar-refractivity contribution in [1.82, 2.24) is 10.6 Å². The third-order valence-corrected chi connectivity index (χ3v) is 6.75. The summed E-state index contributed by atoms with van der Waals surface area (Å²) in [5.74, 6) is -2.41. The van der Waals surface area contributed by atoms with E-state index in [-0.39, 0.29) is 30.9 Å². The van der Waals surface area contributed by atoms with Crippen LogP contribution in [-0.2, 0) is 23.9 Å². The summed E-state index contributed by atoms with van der Waals surface area (Å²) in [5, 5.41) is 22.3. The predicted octanol–water partition coefficient (Wildman–Crippen LogP) is 5.58. The number of unbranched alkanes of at least 4 members (excludes halogenated alkanes) is 13. The van der Waals surface area contributed by atoms with Crippen LogP contribution in [0.25, 0.3) is 0 Å². The number of ether oxygens (including phenoxy) is 1. The minimum absolute atomic E-state index is 0.123. The average molecular weight is 569 g/mol. The summed E-state index contributed by atoms with van der Waals surface area (Å²) < 4.78 is 5.77. The number of esters is 1. The van der Waals surface area contributed by atoms with Crippen LogP contribution in [0.5, 0.6) is 0 Å². The van der Waals surface area contributed by atoms with Crippen LogP contribution in [0.4, 0.5) is 0 Å². The van der Waals surface area contributed by atoms with Crippen molar-refractivity contribution in [3.8, 4) is 0 Å². The second-order valence-electron chi connectivity index (χ2n) is 10.5. The van der Waals surface area contributed by atoms with Gasteiger partial charge in [-0.1, -0.05) is 97.0 Å². The van der Waals surface area contributed by atoms with Gasteiger partial charge in [-0.3, -0.25) is 14.4 Å². The Hall–Kier alpha value is -2.42. The fraction of sp³-hybridized carbons (Fsp3) is 0.806. The molecule has 0 aromatic carbocycles. The van der Waals surface area contributed by atoms with E-state index in [0.717, 1.165) is 57.8 Å². The number of hydrogen-bond donors (Lipinski definition) is 4. The third kappa shape index (κ3) is 23.5. The van der Waals surface area contributed by atoms with Gasteiger partial charge in [-0.2, -0.15) is 0 Å². The van der Waals surface area contributed by atoms with Crippen molar-refractivity contribution >= 4 is 23.8 Å². The number of hydrogen-bond acceptors (Lipinski definition) is 6. The molecule has 0 aliphatic rings. The van der Waals surface area contributed by atoms with E-state index in [0.29, 0.717) is 12.8 Å². The number of carboxylic acid groups (broad SMARTS) is 1. The lowest BCUT2D eigenvalue weighted by atomic mass is 10.1. The smallest absolute Gasteiger partial charge is 0.328 e. The number of allylic oxidation sites excluding steroid dienone is 1. The number of aliphatic hydroxyl groups excluding tert-OH is 1. The normalized spacial score (nSPS) is 12.7. The first kappa shape index (κ1) is 37.6. The quantitative estimate of drug-likeness (QED) is 0.0575. The molecule has 0 aliphatic heterocycles. The summed E-state index contributed by atoms with van der Waals surface area (Å²) in [6.45, 7) is 3.33. The van der Waals surface area contributed by atoms with Gasteiger partial charge in [0, 0.05) is 12.8 Å². The Labute approximate surface area is 241 Å². The molecule has 232 valence electrons. The fourth-order valence-corrected chi connectivity index (χ4v) is 4.25. The summed E-state index contributed by atoms with van der Waals surface area (Å²) in [4.78, 5) is 46.9. The molecule has 0 heterocycles. The zero-order valence-corrected chi connectivity index (χ0v) is 25.1. The van der Waals surface area contributed by atoms with E-state index in [9.17, 15) is 19.2 Å². The van der Waals surface area contributed by atoms with E-state index in [1.807, 2.05) is 6.08 Å². The molecule has 2 unspecified atom stereocenters. The van der Waals surface area contributed by atoms with Gasteiger partial charge in [0.15, 0.2) is 0 Å². The Morgan fingerprint density at radius 3 is 1.93 bits per heavy atom. The summed E-state index contributed by atoms with van der Waals surface area (Å²) in [7, 11) is 0. The molecule has 9 heteroatoms. The van der Waals surface area contributed by atoms with E-state index in [4.69, 9.17) is 14.9 Å². The molecule has 0 bridgehead atoms. The van der Waals surface area contributed by atoms with Crippen molar-refractivity contribution in [2.75, 3.05) is 13.2 Å². The maximum absolute atomic E-state index is 12.4. The minimum atomic E-state index is -1.39. The lowest BCUT2D eigenvalue weighted by Crippen LogP contribution is -2.47. The molecular weight excluding hydrogens is 512 g/mol. The highest BCUT2D eigenvalue weighted by molar-refractivity contribution is 5.87. The molecule has 0 fully saturated rings. The van der Waals surface area contributed by atoms with Crippen molar-refractivity contribution in [1.29, 1.82) is 0 Å². The van der Waals surface area contributed by atoms with Crippen molar-refractivity contribution < 1.29 is 34.1 Å². The van der Waals surface area contributed by atoms with Crippen molar-refractivity contribution in [3.63, 3.8) is 0 Å². The van der Waals surface area contributed by atoms with Gasteiger partial charge in [-0.15, -0.1) is 0 Å². The van der Waals surface area contributed by atoms with Gasteiger partial charge in [0.2, 0.25) is 11.8 Å². The Morgan fingerprint density at radius 2 is 1.32 bits per heavy atom. The largest absolute Gasteiger partial charge is 0.480 e. The van der Waals surface area contributed by atoms with E-state index in [1.165, 1.54) is 44.9 Å². The highest BCUT2D eigenvalue weighted by Crippen LogP contribution is 2.15. The molecular formula is C31H56N2O7. The molecule has 0 spiro atoms. The van der Waals surface area contributed by atoms with Gasteiger partial charge in [0.05, 0.1) is 13.2 Å². The van der Waals surface area contributed by atoms with E-state index in [1.54, 1.807) is 0 Å². The molecule has 0 saturated heterocycles. The van der Waals surface area contributed by atoms with Crippen LogP contribution in [0, 0.1) is 0 Å². The lowest BCUT2D eigenvalue weighted by Gasteiger charge is -2.15. The summed E-state index contributed by atoms with van der Waals surface area (Å²) in [6, 6.07) is -1.39. The number of nitrogens with one attached hydrogen (secondary N) is 2. The van der Waals surface area contributed by atoms with Gasteiger partial charge >= 0.3 is 11.9 Å². The predicted molar refractivity (Wildman–Crippen MR) is 158 cm³/mol. The molecule has 0 aliphatic carbocycles. The van der Waals surface area contributed by atoms with Gasteiger partial charge in [-0.25, -0.2) is 4.79 Å². The maximum Gasteiger partial charge on any atom is 0.328 e. The molecule has 40 heavy (non-hydrogen) atoms. The van der Waals surface area contributed by atoms with Crippen molar-refractivity contribution in [2.45, 2.75) is 148 Å². The number of carbonyl (C=O) groups is 4. The minimum Gasteiger partial charge on any atom is -0.480 e. The zero-order valence-electron chi connectivity index (χ0n) is 25.1. The van der Waals surface area contributed by atoms with Crippen LogP contribution in [0.15, 0.2) is 12.2 Å². The molecule has 4 N–H and O–H groups in total. The zero-order chi connectivity index (χ0) is 29.8. The Morgan fingerprint density at radius 1 is 0.750 bits per heavy atom. The standard InChI is InChI=1S/C31H56N2O7/c1-3-5-7-9-10-11-12-13-19-23-30(37)40-26(20-16-8-6-4-2)21-17-14-15-18-22-28(35)32-24-29(36)33-27(25-34)31(38)39/h16,20,26-27,34H,3-15,17-19,21-25H2,1-2H3,(H,32,35)(H,33,36)(H,38,39)/b20-16-. The van der Waals surface area contributed by atoms with Crippen molar-refractivity contribution in [3.05, 3.63) is 12.2 Å². The summed E-state index contributed by atoms with van der Waals surface area (Å²) in [5.41, 5.74) is 0. The molecule has 0 rings (SSSR count). The Bertz CT molecular complexity index is 712.